The molecule has 0 N–H and O–H groups in total. The number of esters is 2. The highest BCUT2D eigenvalue weighted by Gasteiger charge is 2.54. The average Bonchev–Trinajstić information content (AvgIpc) is 2.92. The van der Waals surface area contributed by atoms with Crippen LogP contribution in [0.1, 0.15) is 56.0 Å². The highest BCUT2D eigenvalue weighted by Crippen LogP contribution is 2.47. The number of carbonyl (C=O) groups is 2. The normalized spacial score (nSPS) is 23.8. The molecule has 126 valence electrons. The smallest absolute Gasteiger partial charge is 0.338 e. The van der Waals surface area contributed by atoms with Crippen molar-refractivity contribution in [1.82, 2.24) is 0 Å². The third kappa shape index (κ3) is 3.26. The molecule has 23 heavy (non-hydrogen) atoms. The summed E-state index contributed by atoms with van der Waals surface area (Å²) in [5, 5.41) is 0. The summed E-state index contributed by atoms with van der Waals surface area (Å²) in [5.74, 6) is -0.543. The maximum Gasteiger partial charge on any atom is 0.338 e. The Morgan fingerprint density at radius 3 is 2.61 bits per heavy atom. The fourth-order valence-corrected chi connectivity index (χ4v) is 3.55. The van der Waals surface area contributed by atoms with E-state index in [9.17, 15) is 9.59 Å². The van der Waals surface area contributed by atoms with Gasteiger partial charge in [-0.3, -0.25) is 4.79 Å². The van der Waals surface area contributed by atoms with E-state index in [1.54, 1.807) is 13.0 Å². The van der Waals surface area contributed by atoms with Crippen LogP contribution in [-0.2, 0) is 14.3 Å². The Kier molecular flexibility index (Phi) is 5.45. The van der Waals surface area contributed by atoms with Gasteiger partial charge in [-0.1, -0.05) is 32.0 Å². The van der Waals surface area contributed by atoms with Crippen molar-refractivity contribution in [2.24, 2.45) is 11.3 Å². The SMILES string of the molecule is CCOC(=O)C1(C(C)C)CCCC1OC(=O)c1ccccc1C. The standard InChI is InChI=1S/C19H26O4/c1-5-22-18(21)19(13(2)3)12-8-11-16(19)23-17(20)15-10-7-6-9-14(15)4/h6-7,9-10,13,16H,5,8,11-12H2,1-4H3. The Balaban J connectivity index is 2.25. The molecule has 0 bridgehead atoms. The van der Waals surface area contributed by atoms with Crippen LogP contribution in [0.25, 0.3) is 0 Å². The van der Waals surface area contributed by atoms with Crippen molar-refractivity contribution in [2.75, 3.05) is 6.61 Å². The molecule has 1 aromatic carbocycles. The largest absolute Gasteiger partial charge is 0.465 e. The van der Waals surface area contributed by atoms with Gasteiger partial charge in [0, 0.05) is 0 Å². The fraction of sp³-hybridized carbons (Fsp3) is 0.579. The highest BCUT2D eigenvalue weighted by molar-refractivity contribution is 5.91. The van der Waals surface area contributed by atoms with Crippen LogP contribution in [-0.4, -0.2) is 24.6 Å². The summed E-state index contributed by atoms with van der Waals surface area (Å²) in [6, 6.07) is 7.35. The number of hydrogen-bond donors (Lipinski definition) is 0. The Hall–Kier alpha value is -1.84. The molecule has 1 aliphatic rings. The molecule has 0 saturated heterocycles. The van der Waals surface area contributed by atoms with Crippen molar-refractivity contribution >= 4 is 11.9 Å². The van der Waals surface area contributed by atoms with Crippen LogP contribution >= 0.6 is 0 Å². The fourth-order valence-electron chi connectivity index (χ4n) is 3.55. The lowest BCUT2D eigenvalue weighted by molar-refractivity contribution is -0.165. The van der Waals surface area contributed by atoms with E-state index in [-0.39, 0.29) is 17.9 Å². The van der Waals surface area contributed by atoms with Crippen molar-refractivity contribution < 1.29 is 19.1 Å². The first kappa shape index (κ1) is 17.5. The van der Waals surface area contributed by atoms with Crippen molar-refractivity contribution in [1.29, 1.82) is 0 Å². The molecule has 2 rings (SSSR count). The molecule has 0 aliphatic heterocycles. The van der Waals surface area contributed by atoms with Crippen LogP contribution in [0.4, 0.5) is 0 Å². The van der Waals surface area contributed by atoms with Gasteiger partial charge in [-0.25, -0.2) is 4.79 Å². The van der Waals surface area contributed by atoms with Gasteiger partial charge < -0.3 is 9.47 Å². The minimum Gasteiger partial charge on any atom is -0.465 e. The topological polar surface area (TPSA) is 52.6 Å². The lowest BCUT2D eigenvalue weighted by atomic mass is 9.74. The molecule has 1 saturated carbocycles. The number of ether oxygens (including phenoxy) is 2. The van der Waals surface area contributed by atoms with Crippen LogP contribution in [0.5, 0.6) is 0 Å². The maximum absolute atomic E-state index is 12.6. The van der Waals surface area contributed by atoms with Crippen molar-refractivity contribution in [3.63, 3.8) is 0 Å². The van der Waals surface area contributed by atoms with Gasteiger partial charge in [0.05, 0.1) is 12.2 Å². The lowest BCUT2D eigenvalue weighted by Crippen LogP contribution is -2.46. The van der Waals surface area contributed by atoms with E-state index in [1.165, 1.54) is 0 Å². The minimum absolute atomic E-state index is 0.0544. The summed E-state index contributed by atoms with van der Waals surface area (Å²) in [4.78, 5) is 25.1. The Bertz CT molecular complexity index is 578. The van der Waals surface area contributed by atoms with Gasteiger partial charge in [0.15, 0.2) is 0 Å². The molecule has 0 heterocycles. The predicted octanol–water partition coefficient (Wildman–Crippen LogP) is 3.91. The van der Waals surface area contributed by atoms with E-state index in [0.717, 1.165) is 12.0 Å². The summed E-state index contributed by atoms with van der Waals surface area (Å²) in [6.07, 6.45) is 1.85. The second kappa shape index (κ2) is 7.16. The van der Waals surface area contributed by atoms with E-state index in [1.807, 2.05) is 39.0 Å². The van der Waals surface area contributed by atoms with Gasteiger partial charge in [0.1, 0.15) is 11.5 Å². The van der Waals surface area contributed by atoms with E-state index >= 15 is 0 Å². The quantitative estimate of drug-likeness (QED) is 0.772. The van der Waals surface area contributed by atoms with Crippen LogP contribution in [0.2, 0.25) is 0 Å². The van der Waals surface area contributed by atoms with E-state index < -0.39 is 11.5 Å². The maximum atomic E-state index is 12.6. The number of hydrogen-bond acceptors (Lipinski definition) is 4. The van der Waals surface area contributed by atoms with Gasteiger partial charge in [-0.15, -0.1) is 0 Å². The molecule has 0 amide bonds. The number of carbonyl (C=O) groups excluding carboxylic acids is 2. The van der Waals surface area contributed by atoms with Crippen molar-refractivity contribution in [3.8, 4) is 0 Å². The van der Waals surface area contributed by atoms with Crippen molar-refractivity contribution in [2.45, 2.75) is 53.1 Å². The highest BCUT2D eigenvalue weighted by atomic mass is 16.6. The second-order valence-corrected chi connectivity index (χ2v) is 6.52. The molecule has 1 aromatic rings. The Morgan fingerprint density at radius 1 is 1.30 bits per heavy atom. The third-order valence-electron chi connectivity index (χ3n) is 4.93. The van der Waals surface area contributed by atoms with E-state index in [0.29, 0.717) is 25.0 Å². The van der Waals surface area contributed by atoms with Gasteiger partial charge in [-0.05, 0) is 50.7 Å². The summed E-state index contributed by atoms with van der Waals surface area (Å²) in [5.41, 5.74) is 0.705. The first-order chi connectivity index (χ1) is 10.9. The molecule has 0 aromatic heterocycles. The van der Waals surface area contributed by atoms with Gasteiger partial charge in [-0.2, -0.15) is 0 Å². The van der Waals surface area contributed by atoms with Crippen LogP contribution < -0.4 is 0 Å². The molecule has 1 aliphatic carbocycles. The van der Waals surface area contributed by atoms with Crippen molar-refractivity contribution in [3.05, 3.63) is 35.4 Å². The molecular formula is C19H26O4. The molecule has 0 radical (unpaired) electrons. The summed E-state index contributed by atoms with van der Waals surface area (Å²) in [6.45, 7) is 8.01. The molecule has 4 nitrogen and oxygen atoms in total. The Labute approximate surface area is 138 Å². The number of benzene rings is 1. The zero-order valence-electron chi connectivity index (χ0n) is 14.4. The van der Waals surface area contributed by atoms with Gasteiger partial charge >= 0.3 is 11.9 Å². The summed E-state index contributed by atoms with van der Waals surface area (Å²) < 4.78 is 11.1. The monoisotopic (exact) mass is 318 g/mol. The van der Waals surface area contributed by atoms with Crippen LogP contribution in [0.15, 0.2) is 24.3 Å². The van der Waals surface area contributed by atoms with Gasteiger partial charge in [0.2, 0.25) is 0 Å². The van der Waals surface area contributed by atoms with Gasteiger partial charge in [0.25, 0.3) is 0 Å². The summed E-state index contributed by atoms with van der Waals surface area (Å²) >= 11 is 0. The van der Waals surface area contributed by atoms with Crippen LogP contribution in [0, 0.1) is 18.3 Å². The average molecular weight is 318 g/mol. The zero-order chi connectivity index (χ0) is 17.0. The van der Waals surface area contributed by atoms with E-state index in [2.05, 4.69) is 0 Å². The molecular weight excluding hydrogens is 292 g/mol. The number of rotatable bonds is 5. The summed E-state index contributed by atoms with van der Waals surface area (Å²) in [7, 11) is 0. The first-order valence-electron chi connectivity index (χ1n) is 8.37. The predicted molar refractivity (Wildman–Crippen MR) is 88.1 cm³/mol. The third-order valence-corrected chi connectivity index (χ3v) is 4.93. The first-order valence-corrected chi connectivity index (χ1v) is 8.37. The molecule has 2 unspecified atom stereocenters. The molecule has 1 fully saturated rings. The molecule has 0 spiro atoms. The number of aryl methyl sites for hydroxylation is 1. The molecule has 4 heteroatoms. The van der Waals surface area contributed by atoms with E-state index in [4.69, 9.17) is 9.47 Å². The lowest BCUT2D eigenvalue weighted by Gasteiger charge is -2.36. The Morgan fingerprint density at radius 2 is 2.00 bits per heavy atom. The van der Waals surface area contributed by atoms with Crippen LogP contribution in [0.3, 0.4) is 0 Å². The molecule has 2 atom stereocenters. The minimum atomic E-state index is -0.728. The second-order valence-electron chi connectivity index (χ2n) is 6.52. The zero-order valence-corrected chi connectivity index (χ0v) is 14.4.